The molecule has 1 aromatic rings. The van der Waals surface area contributed by atoms with Crippen LogP contribution < -0.4 is 10.6 Å². The van der Waals surface area contributed by atoms with E-state index in [9.17, 15) is 9.59 Å². The third-order valence-electron chi connectivity index (χ3n) is 8.07. The quantitative estimate of drug-likeness (QED) is 0.212. The van der Waals surface area contributed by atoms with Crippen LogP contribution in [0.3, 0.4) is 0 Å². The number of likely N-dealkylation sites (tertiary alicyclic amines) is 1. The third-order valence-corrected chi connectivity index (χ3v) is 8.07. The van der Waals surface area contributed by atoms with Gasteiger partial charge in [0.25, 0.3) is 5.91 Å². The van der Waals surface area contributed by atoms with E-state index in [0.717, 1.165) is 67.7 Å². The third kappa shape index (κ3) is 11.2. The lowest BCUT2D eigenvalue weighted by molar-refractivity contribution is -0.105. The summed E-state index contributed by atoms with van der Waals surface area (Å²) in [5, 5.41) is 6.39. The van der Waals surface area contributed by atoms with Crippen LogP contribution in [0.5, 0.6) is 0 Å². The highest BCUT2D eigenvalue weighted by Crippen LogP contribution is 2.30. The molecule has 244 valence electrons. The first-order valence-electron chi connectivity index (χ1n) is 16.3. The maximum absolute atomic E-state index is 12.2. The Morgan fingerprint density at radius 1 is 1.05 bits per heavy atom. The molecule has 0 saturated carbocycles. The number of amides is 1. The number of carbonyl (C=O) groups is 2. The minimum atomic E-state index is 0.0453. The van der Waals surface area contributed by atoms with Crippen molar-refractivity contribution in [2.45, 2.75) is 79.7 Å². The Hall–Kier alpha value is -3.58. The first-order valence-corrected chi connectivity index (χ1v) is 16.3. The molecule has 1 unspecified atom stereocenters. The van der Waals surface area contributed by atoms with Crippen LogP contribution in [0.15, 0.2) is 83.0 Å². The smallest absolute Gasteiger partial charge is 0.253 e. The van der Waals surface area contributed by atoms with Crippen LogP contribution in [0.1, 0.15) is 89.6 Å². The molecule has 1 atom stereocenters. The summed E-state index contributed by atoms with van der Waals surface area (Å²) < 4.78 is 0. The molecule has 0 radical (unpaired) electrons. The van der Waals surface area contributed by atoms with Crippen LogP contribution in [0.4, 0.5) is 0 Å². The van der Waals surface area contributed by atoms with E-state index in [-0.39, 0.29) is 5.91 Å². The van der Waals surface area contributed by atoms with Crippen molar-refractivity contribution in [3.8, 4) is 0 Å². The summed E-state index contributed by atoms with van der Waals surface area (Å²) in [6, 6.07) is 8.52. The summed E-state index contributed by atoms with van der Waals surface area (Å²) in [7, 11) is 7.50. The fraction of sp³-hybridized carbons (Fsp3) is 0.514. The number of rotatable bonds is 11. The summed E-state index contributed by atoms with van der Waals surface area (Å²) >= 11 is 0. The van der Waals surface area contributed by atoms with E-state index in [1.807, 2.05) is 72.4 Å². The van der Waals surface area contributed by atoms with Crippen molar-refractivity contribution in [3.05, 3.63) is 94.1 Å². The number of aldehydes is 1. The van der Waals surface area contributed by atoms with Crippen molar-refractivity contribution in [1.82, 2.24) is 25.3 Å². The van der Waals surface area contributed by atoms with Gasteiger partial charge in [0.1, 0.15) is 6.29 Å². The zero-order chi connectivity index (χ0) is 33.2. The van der Waals surface area contributed by atoms with E-state index in [4.69, 9.17) is 0 Å². The maximum Gasteiger partial charge on any atom is 0.253 e. The molecule has 1 fully saturated rings. The molecule has 2 heterocycles. The molecule has 0 spiro atoms. The van der Waals surface area contributed by atoms with E-state index in [2.05, 4.69) is 65.5 Å². The predicted molar refractivity (Wildman–Crippen MR) is 187 cm³/mol. The van der Waals surface area contributed by atoms with Gasteiger partial charge in [-0.2, -0.15) is 0 Å². The molecule has 1 saturated heterocycles. The minimum absolute atomic E-state index is 0.0453. The normalized spacial score (nSPS) is 17.2. The molecule has 2 aliphatic heterocycles. The van der Waals surface area contributed by atoms with Crippen molar-refractivity contribution in [1.29, 1.82) is 0 Å². The highest BCUT2D eigenvalue weighted by atomic mass is 16.2. The van der Waals surface area contributed by atoms with E-state index >= 15 is 0 Å². The van der Waals surface area contributed by atoms with Crippen LogP contribution in [-0.4, -0.2) is 80.8 Å². The average Bonchev–Trinajstić information content (AvgIpc) is 3.53. The fourth-order valence-electron chi connectivity index (χ4n) is 5.42. The van der Waals surface area contributed by atoms with Crippen molar-refractivity contribution in [3.63, 3.8) is 0 Å². The van der Waals surface area contributed by atoms with E-state index in [1.165, 1.54) is 16.7 Å². The Bertz CT molecular complexity index is 1180. The Labute approximate surface area is 268 Å². The molecule has 1 aromatic carbocycles. The molecule has 2 N–H and O–H groups in total. The molecule has 0 aliphatic carbocycles. The highest BCUT2D eigenvalue weighted by molar-refractivity contribution is 5.93. The van der Waals surface area contributed by atoms with Crippen LogP contribution in [0.25, 0.3) is 0 Å². The Balaban J connectivity index is 0.00000232. The molecule has 1 amide bonds. The van der Waals surface area contributed by atoms with E-state index in [0.29, 0.717) is 12.0 Å². The standard InChI is InChI=1S/C33H47N5O2.2C2H6/c1-24(22-25(2)32(13-17-34-4)37(7)19-16-31-30(23-39)12-18-35-31)26(3)38-20-14-28(15-21-38)27-8-10-29(11-9-27)33(40)36(5)6;2*1-2/h8-11,13,16-17,19,22-23,26,28,34-35H,12,14-15,18,20-21H2,1-7H3;2*1-2H3/b17-13-,19-16-,24-22+,32-25-;;. The lowest BCUT2D eigenvalue weighted by atomic mass is 9.88. The second kappa shape index (κ2) is 20.4. The van der Waals surface area contributed by atoms with Crippen molar-refractivity contribution >= 4 is 12.2 Å². The number of piperidine rings is 1. The number of nitrogens with one attached hydrogen (secondary N) is 2. The number of nitrogens with zero attached hydrogens (tertiary/aromatic N) is 3. The highest BCUT2D eigenvalue weighted by Gasteiger charge is 2.25. The molecule has 3 rings (SSSR count). The van der Waals surface area contributed by atoms with Crippen LogP contribution in [0, 0.1) is 0 Å². The number of allylic oxidation sites excluding steroid dienone is 4. The summed E-state index contributed by atoms with van der Waals surface area (Å²) in [5.41, 5.74) is 7.38. The zero-order valence-electron chi connectivity index (χ0n) is 29.3. The Morgan fingerprint density at radius 2 is 1.66 bits per heavy atom. The first-order chi connectivity index (χ1) is 21.2. The van der Waals surface area contributed by atoms with E-state index in [1.54, 1.807) is 19.0 Å². The molecule has 0 bridgehead atoms. The maximum atomic E-state index is 12.2. The van der Waals surface area contributed by atoms with Crippen LogP contribution >= 0.6 is 0 Å². The Morgan fingerprint density at radius 3 is 2.20 bits per heavy atom. The topological polar surface area (TPSA) is 67.9 Å². The van der Waals surface area contributed by atoms with Gasteiger partial charge in [-0.05, 0) is 101 Å². The lowest BCUT2D eigenvalue weighted by Gasteiger charge is -2.37. The lowest BCUT2D eigenvalue weighted by Crippen LogP contribution is -2.40. The second-order valence-electron chi connectivity index (χ2n) is 11.0. The monoisotopic (exact) mass is 605 g/mol. The van der Waals surface area contributed by atoms with E-state index < -0.39 is 0 Å². The molecule has 0 aromatic heterocycles. The van der Waals surface area contributed by atoms with Gasteiger partial charge in [0.2, 0.25) is 0 Å². The minimum Gasteiger partial charge on any atom is -0.394 e. The van der Waals surface area contributed by atoms with Crippen molar-refractivity contribution < 1.29 is 9.59 Å². The predicted octanol–water partition coefficient (Wildman–Crippen LogP) is 6.85. The van der Waals surface area contributed by atoms with Crippen LogP contribution in [0.2, 0.25) is 0 Å². The molecule has 2 aliphatic rings. The first kappa shape index (κ1) is 38.4. The van der Waals surface area contributed by atoms with Gasteiger partial charge in [0, 0.05) is 69.5 Å². The van der Waals surface area contributed by atoms with Gasteiger partial charge in [0.15, 0.2) is 0 Å². The summed E-state index contributed by atoms with van der Waals surface area (Å²) in [5.74, 6) is 0.574. The number of carbonyl (C=O) groups excluding carboxylic acids is 2. The SMILES string of the molecule is CC.CC.CN\C=C/C(=C(C)/C=C(\C)C(C)N1CCC(c2ccc(C(=O)N(C)C)cc2)CC1)N(C)/C=C\C1=C(C=O)CCN1. The molecular weight excluding hydrogens is 546 g/mol. The van der Waals surface area contributed by atoms with Crippen LogP contribution in [-0.2, 0) is 4.79 Å². The van der Waals surface area contributed by atoms with Gasteiger partial charge >= 0.3 is 0 Å². The van der Waals surface area contributed by atoms with Gasteiger partial charge in [-0.15, -0.1) is 0 Å². The Kier molecular flexibility index (Phi) is 17.8. The number of likely N-dealkylation sites (N-methyl/N-ethyl adjacent to an activating group) is 1. The summed E-state index contributed by atoms with van der Waals surface area (Å²) in [6.45, 7) is 17.6. The summed E-state index contributed by atoms with van der Waals surface area (Å²) in [4.78, 5) is 29.8. The number of hydrogen-bond acceptors (Lipinski definition) is 6. The zero-order valence-corrected chi connectivity index (χ0v) is 29.3. The van der Waals surface area contributed by atoms with Crippen molar-refractivity contribution in [2.24, 2.45) is 0 Å². The summed E-state index contributed by atoms with van der Waals surface area (Å²) in [6.07, 6.45) is 14.2. The van der Waals surface area contributed by atoms with Gasteiger partial charge < -0.3 is 20.4 Å². The molecule has 44 heavy (non-hydrogen) atoms. The average molecular weight is 606 g/mol. The fourth-order valence-corrected chi connectivity index (χ4v) is 5.42. The van der Waals surface area contributed by atoms with Gasteiger partial charge in [-0.3, -0.25) is 14.5 Å². The molecule has 7 nitrogen and oxygen atoms in total. The van der Waals surface area contributed by atoms with Gasteiger partial charge in [0.05, 0.1) is 0 Å². The van der Waals surface area contributed by atoms with Gasteiger partial charge in [-0.1, -0.05) is 51.5 Å². The number of benzene rings is 1. The van der Waals surface area contributed by atoms with Gasteiger partial charge in [-0.25, -0.2) is 0 Å². The van der Waals surface area contributed by atoms with Crippen molar-refractivity contribution in [2.75, 3.05) is 47.8 Å². The molecule has 7 heteroatoms. The number of hydrogen-bond donors (Lipinski definition) is 2. The second-order valence-corrected chi connectivity index (χ2v) is 11.0. The molecular formula is C37H59N5O2. The largest absolute Gasteiger partial charge is 0.394 e.